The number of imide groups is 1. The molecule has 2 N–H and O–H groups in total. The number of esters is 2. The molecule has 192 valence electrons. The van der Waals surface area contributed by atoms with Gasteiger partial charge in [0, 0.05) is 0 Å². The van der Waals surface area contributed by atoms with Crippen molar-refractivity contribution in [1.29, 1.82) is 0 Å². The molecule has 2 amide bonds. The average Bonchev–Trinajstić information content (AvgIpc) is 2.55. The van der Waals surface area contributed by atoms with Gasteiger partial charge < -0.3 is 24.7 Å². The number of carbonyl (C=O) groups excluding carboxylic acids is 4. The Bertz CT molecular complexity index is 658. The highest BCUT2D eigenvalue weighted by molar-refractivity contribution is 5.94. The first-order chi connectivity index (χ1) is 14.8. The van der Waals surface area contributed by atoms with Crippen LogP contribution in [0.25, 0.3) is 0 Å². The lowest BCUT2D eigenvalue weighted by Crippen LogP contribution is -2.53. The normalized spacial score (nSPS) is 14.0. The van der Waals surface area contributed by atoms with E-state index in [0.717, 1.165) is 0 Å². The van der Waals surface area contributed by atoms with Gasteiger partial charge in [0.05, 0.1) is 6.61 Å². The number of carbonyl (C=O) groups is 4. The van der Waals surface area contributed by atoms with Crippen molar-refractivity contribution < 1.29 is 38.1 Å². The molecule has 0 bridgehead atoms. The smallest absolute Gasteiger partial charge is 0.420 e. The average molecular weight is 475 g/mol. The molecular formula is C23H42N2O8. The van der Waals surface area contributed by atoms with Crippen molar-refractivity contribution in [3.8, 4) is 0 Å². The van der Waals surface area contributed by atoms with Crippen molar-refractivity contribution in [2.45, 2.75) is 117 Å². The van der Waals surface area contributed by atoms with Gasteiger partial charge in [0.15, 0.2) is 0 Å². The third-order valence-electron chi connectivity index (χ3n) is 3.75. The molecule has 0 saturated carbocycles. The van der Waals surface area contributed by atoms with Crippen LogP contribution in [0.1, 0.15) is 88.5 Å². The lowest BCUT2D eigenvalue weighted by molar-refractivity contribution is -0.161. The predicted molar refractivity (Wildman–Crippen MR) is 122 cm³/mol. The van der Waals surface area contributed by atoms with E-state index in [1.165, 1.54) is 0 Å². The number of hydrogen-bond acceptors (Lipinski definition) is 9. The number of hydrogen-bond donors (Lipinski definition) is 1. The maximum absolute atomic E-state index is 13.1. The molecule has 0 rings (SSSR count). The molecule has 0 aliphatic heterocycles. The highest BCUT2D eigenvalue weighted by Gasteiger charge is 2.42. The van der Waals surface area contributed by atoms with Crippen LogP contribution in [-0.4, -0.2) is 64.5 Å². The third kappa shape index (κ3) is 13.1. The number of nitrogens with two attached hydrogens (primary N) is 1. The van der Waals surface area contributed by atoms with Crippen LogP contribution in [0.3, 0.4) is 0 Å². The van der Waals surface area contributed by atoms with Gasteiger partial charge in [-0.05, 0) is 88.5 Å². The van der Waals surface area contributed by atoms with Crippen LogP contribution in [-0.2, 0) is 28.5 Å². The van der Waals surface area contributed by atoms with Crippen LogP contribution < -0.4 is 5.73 Å². The van der Waals surface area contributed by atoms with E-state index in [1.807, 2.05) is 0 Å². The van der Waals surface area contributed by atoms with Crippen molar-refractivity contribution in [3.05, 3.63) is 0 Å². The van der Waals surface area contributed by atoms with Crippen LogP contribution in [0, 0.1) is 0 Å². The summed E-state index contributed by atoms with van der Waals surface area (Å²) in [7, 11) is 0. The summed E-state index contributed by atoms with van der Waals surface area (Å²) in [5, 5.41) is 0. The molecule has 0 radical (unpaired) electrons. The predicted octanol–water partition coefficient (Wildman–Crippen LogP) is 3.93. The second-order valence-corrected chi connectivity index (χ2v) is 10.7. The Kier molecular flexibility index (Phi) is 11.3. The summed E-state index contributed by atoms with van der Waals surface area (Å²) in [6, 6.07) is -2.25. The van der Waals surface area contributed by atoms with E-state index in [4.69, 9.17) is 24.7 Å². The quantitative estimate of drug-likeness (QED) is 0.410. The van der Waals surface area contributed by atoms with E-state index < -0.39 is 53.0 Å². The molecule has 2 atom stereocenters. The Morgan fingerprint density at radius 3 is 1.52 bits per heavy atom. The molecule has 0 aromatic carbocycles. The lowest BCUT2D eigenvalue weighted by Gasteiger charge is -2.33. The number of rotatable bonds is 8. The van der Waals surface area contributed by atoms with E-state index in [9.17, 15) is 19.2 Å². The van der Waals surface area contributed by atoms with Crippen LogP contribution in [0.15, 0.2) is 0 Å². The zero-order valence-corrected chi connectivity index (χ0v) is 21.8. The summed E-state index contributed by atoms with van der Waals surface area (Å²) >= 11 is 0. The minimum atomic E-state index is -1.34. The summed E-state index contributed by atoms with van der Waals surface area (Å²) in [5.74, 6) is -1.37. The molecule has 33 heavy (non-hydrogen) atoms. The largest absolute Gasteiger partial charge is 0.465 e. The first-order valence-corrected chi connectivity index (χ1v) is 11.2. The maximum atomic E-state index is 13.1. The van der Waals surface area contributed by atoms with Crippen LogP contribution in [0.4, 0.5) is 9.59 Å². The van der Waals surface area contributed by atoms with E-state index in [-0.39, 0.29) is 25.9 Å². The van der Waals surface area contributed by atoms with Crippen LogP contribution >= 0.6 is 0 Å². The molecule has 10 nitrogen and oxygen atoms in total. The second-order valence-electron chi connectivity index (χ2n) is 10.7. The van der Waals surface area contributed by atoms with Gasteiger partial charge in [-0.1, -0.05) is 0 Å². The molecule has 0 heterocycles. The second kappa shape index (κ2) is 12.2. The van der Waals surface area contributed by atoms with E-state index in [0.29, 0.717) is 4.90 Å². The van der Waals surface area contributed by atoms with Crippen molar-refractivity contribution in [3.63, 3.8) is 0 Å². The van der Waals surface area contributed by atoms with Crippen molar-refractivity contribution in [2.75, 3.05) is 6.61 Å². The van der Waals surface area contributed by atoms with Gasteiger partial charge in [-0.2, -0.15) is 4.90 Å². The number of nitrogens with zero attached hydrogens (tertiary/aromatic N) is 1. The third-order valence-corrected chi connectivity index (χ3v) is 3.75. The van der Waals surface area contributed by atoms with Gasteiger partial charge in [0.1, 0.15) is 28.9 Å². The fourth-order valence-corrected chi connectivity index (χ4v) is 2.57. The maximum Gasteiger partial charge on any atom is 0.420 e. The van der Waals surface area contributed by atoms with Gasteiger partial charge >= 0.3 is 24.1 Å². The van der Waals surface area contributed by atoms with Crippen molar-refractivity contribution in [1.82, 2.24) is 4.90 Å². The molecule has 0 aromatic rings. The van der Waals surface area contributed by atoms with Gasteiger partial charge in [0.25, 0.3) is 0 Å². The highest BCUT2D eigenvalue weighted by Crippen LogP contribution is 2.22. The number of ether oxygens (including phenoxy) is 4. The molecular weight excluding hydrogens is 432 g/mol. The molecule has 0 spiro atoms. The Morgan fingerprint density at radius 2 is 1.15 bits per heavy atom. The van der Waals surface area contributed by atoms with E-state index in [2.05, 4.69) is 0 Å². The fourth-order valence-electron chi connectivity index (χ4n) is 2.57. The SMILES string of the molecule is CCOC(=O)[C@H](N)CCC[C@@H](C(=O)OC(C)(C)C)N(C(=O)OC(C)(C)C)C(=O)OC(C)(C)C. The molecule has 0 fully saturated rings. The van der Waals surface area contributed by atoms with Crippen LogP contribution in [0.5, 0.6) is 0 Å². The highest BCUT2D eigenvalue weighted by atomic mass is 16.6. The van der Waals surface area contributed by atoms with E-state index in [1.54, 1.807) is 69.2 Å². The minimum absolute atomic E-state index is 0.0134. The standard InChI is InChI=1S/C23H42N2O8/c1-11-30-17(26)15(24)13-12-14-16(18(27)31-21(2,3)4)25(19(28)32-22(5,6)7)20(29)33-23(8,9)10/h15-16H,11-14,24H2,1-10H3/t15-,16+/m1/s1. The molecule has 10 heteroatoms. The minimum Gasteiger partial charge on any atom is -0.465 e. The monoisotopic (exact) mass is 474 g/mol. The fraction of sp³-hybridized carbons (Fsp3) is 0.826. The number of amides is 2. The Labute approximate surface area is 197 Å². The van der Waals surface area contributed by atoms with Gasteiger partial charge in [-0.3, -0.25) is 4.79 Å². The van der Waals surface area contributed by atoms with Crippen molar-refractivity contribution in [2.24, 2.45) is 5.73 Å². The summed E-state index contributed by atoms with van der Waals surface area (Å²) in [4.78, 5) is 51.5. The first-order valence-electron chi connectivity index (χ1n) is 11.2. The summed E-state index contributed by atoms with van der Waals surface area (Å²) in [5.41, 5.74) is 3.11. The summed E-state index contributed by atoms with van der Waals surface area (Å²) in [6.45, 7) is 16.7. The Morgan fingerprint density at radius 1 is 0.727 bits per heavy atom. The molecule has 0 unspecified atom stereocenters. The Balaban J connectivity index is 5.96. The lowest BCUT2D eigenvalue weighted by atomic mass is 10.0. The molecule has 0 aliphatic carbocycles. The van der Waals surface area contributed by atoms with Gasteiger partial charge in [-0.15, -0.1) is 0 Å². The zero-order chi connectivity index (χ0) is 26.2. The summed E-state index contributed by atoms with van der Waals surface area (Å²) < 4.78 is 21.1. The van der Waals surface area contributed by atoms with E-state index >= 15 is 0 Å². The van der Waals surface area contributed by atoms with Crippen molar-refractivity contribution >= 4 is 24.1 Å². The van der Waals surface area contributed by atoms with Crippen LogP contribution in [0.2, 0.25) is 0 Å². The Hall–Kier alpha value is -2.36. The van der Waals surface area contributed by atoms with Gasteiger partial charge in [-0.25, -0.2) is 14.4 Å². The molecule has 0 saturated heterocycles. The van der Waals surface area contributed by atoms with Gasteiger partial charge in [0.2, 0.25) is 0 Å². The molecule has 0 aromatic heterocycles. The topological polar surface area (TPSA) is 134 Å². The molecule has 0 aliphatic rings. The zero-order valence-electron chi connectivity index (χ0n) is 21.8. The first kappa shape index (κ1) is 30.6. The summed E-state index contributed by atoms with van der Waals surface area (Å²) in [6.07, 6.45) is -1.69.